The topological polar surface area (TPSA) is 41.8 Å². The van der Waals surface area contributed by atoms with E-state index in [1.807, 2.05) is 6.07 Å². The first kappa shape index (κ1) is 13.5. The van der Waals surface area contributed by atoms with Crippen LogP contribution in [0.2, 0.25) is 0 Å². The summed E-state index contributed by atoms with van der Waals surface area (Å²) >= 11 is 3.32. The Hall–Kier alpha value is -1.88. The third-order valence-electron chi connectivity index (χ3n) is 2.45. The molecule has 2 aromatic rings. The third-order valence-corrected chi connectivity index (χ3v) is 2.95. The van der Waals surface area contributed by atoms with Crippen LogP contribution in [0.25, 0.3) is 0 Å². The van der Waals surface area contributed by atoms with Crippen LogP contribution in [0.15, 0.2) is 52.1 Å². The van der Waals surface area contributed by atoms with Crippen LogP contribution in [-0.4, -0.2) is 11.4 Å². The van der Waals surface area contributed by atoms with Gasteiger partial charge in [-0.25, -0.2) is 4.39 Å². The molecule has 0 saturated carbocycles. The van der Waals surface area contributed by atoms with Gasteiger partial charge in [0.05, 0.1) is 6.21 Å². The molecule has 0 aliphatic carbocycles. The van der Waals surface area contributed by atoms with Gasteiger partial charge in [0, 0.05) is 10.0 Å². The molecule has 0 atom stereocenters. The maximum atomic E-state index is 13.0. The highest BCUT2D eigenvalue weighted by molar-refractivity contribution is 9.10. The average Bonchev–Trinajstić information content (AvgIpc) is 2.38. The molecule has 0 amide bonds. The van der Waals surface area contributed by atoms with E-state index in [1.165, 1.54) is 18.3 Å². The Balaban J connectivity index is 2.15. The van der Waals surface area contributed by atoms with Gasteiger partial charge in [-0.3, -0.25) is 0 Å². The first-order valence-electron chi connectivity index (χ1n) is 5.53. The van der Waals surface area contributed by atoms with Crippen LogP contribution in [0.3, 0.4) is 0 Å². The highest BCUT2D eigenvalue weighted by Crippen LogP contribution is 2.22. The fourth-order valence-electron chi connectivity index (χ4n) is 1.60. The SMILES string of the molecule is ON=Cc1cc(Br)ccc1OCc1cccc(F)c1. The van der Waals surface area contributed by atoms with E-state index in [0.29, 0.717) is 11.3 Å². The van der Waals surface area contributed by atoms with Crippen LogP contribution >= 0.6 is 15.9 Å². The quantitative estimate of drug-likeness (QED) is 0.525. The second-order valence-corrected chi connectivity index (χ2v) is 4.76. The standard InChI is InChI=1S/C14H11BrFNO2/c15-12-4-5-14(11(7-12)8-17-18)19-9-10-2-1-3-13(16)6-10/h1-8,18H,9H2. The fraction of sp³-hybridized carbons (Fsp3) is 0.0714. The molecule has 0 heterocycles. The van der Waals surface area contributed by atoms with Gasteiger partial charge in [0.2, 0.25) is 0 Å². The molecule has 1 N–H and O–H groups in total. The maximum absolute atomic E-state index is 13.0. The molecule has 0 aliphatic rings. The van der Waals surface area contributed by atoms with Crippen molar-refractivity contribution in [1.82, 2.24) is 0 Å². The Labute approximate surface area is 118 Å². The van der Waals surface area contributed by atoms with E-state index in [-0.39, 0.29) is 12.4 Å². The number of hydrogen-bond acceptors (Lipinski definition) is 3. The molecule has 0 spiro atoms. The Morgan fingerprint density at radius 1 is 1.26 bits per heavy atom. The minimum Gasteiger partial charge on any atom is -0.488 e. The van der Waals surface area contributed by atoms with Gasteiger partial charge in [-0.05, 0) is 35.9 Å². The smallest absolute Gasteiger partial charge is 0.128 e. The van der Waals surface area contributed by atoms with Crippen LogP contribution in [0, 0.1) is 5.82 Å². The molecule has 2 aromatic carbocycles. The molecule has 2 rings (SSSR count). The van der Waals surface area contributed by atoms with Gasteiger partial charge >= 0.3 is 0 Å². The van der Waals surface area contributed by atoms with Crippen molar-refractivity contribution in [3.8, 4) is 5.75 Å². The van der Waals surface area contributed by atoms with E-state index in [4.69, 9.17) is 9.94 Å². The van der Waals surface area contributed by atoms with Crippen LogP contribution in [0.4, 0.5) is 4.39 Å². The first-order chi connectivity index (χ1) is 9.19. The van der Waals surface area contributed by atoms with E-state index < -0.39 is 0 Å². The molecular formula is C14H11BrFNO2. The summed E-state index contributed by atoms with van der Waals surface area (Å²) in [5.41, 5.74) is 1.36. The molecule has 0 bridgehead atoms. The maximum Gasteiger partial charge on any atom is 0.128 e. The molecule has 0 saturated heterocycles. The van der Waals surface area contributed by atoms with E-state index in [2.05, 4.69) is 21.1 Å². The summed E-state index contributed by atoms with van der Waals surface area (Å²) in [6, 6.07) is 11.5. The second-order valence-electron chi connectivity index (χ2n) is 3.85. The molecule has 5 heteroatoms. The summed E-state index contributed by atoms with van der Waals surface area (Å²) in [6.45, 7) is 0.242. The Morgan fingerprint density at radius 3 is 2.84 bits per heavy atom. The highest BCUT2D eigenvalue weighted by Gasteiger charge is 2.04. The minimum atomic E-state index is -0.297. The lowest BCUT2D eigenvalue weighted by Crippen LogP contribution is -1.99. The number of benzene rings is 2. The summed E-state index contributed by atoms with van der Waals surface area (Å²) in [5, 5.41) is 11.6. The van der Waals surface area contributed by atoms with Crippen LogP contribution in [-0.2, 0) is 6.61 Å². The lowest BCUT2D eigenvalue weighted by molar-refractivity contribution is 0.303. The Kier molecular flexibility index (Phi) is 4.52. The lowest BCUT2D eigenvalue weighted by Gasteiger charge is -2.09. The third kappa shape index (κ3) is 3.79. The molecule has 19 heavy (non-hydrogen) atoms. The molecule has 98 valence electrons. The molecule has 0 radical (unpaired) electrons. The van der Waals surface area contributed by atoms with Gasteiger partial charge < -0.3 is 9.94 Å². The van der Waals surface area contributed by atoms with Crippen LogP contribution in [0.5, 0.6) is 5.75 Å². The van der Waals surface area contributed by atoms with Gasteiger partial charge in [-0.1, -0.05) is 33.2 Å². The predicted molar refractivity (Wildman–Crippen MR) is 74.3 cm³/mol. The molecular weight excluding hydrogens is 313 g/mol. The highest BCUT2D eigenvalue weighted by atomic mass is 79.9. The van der Waals surface area contributed by atoms with Crippen LogP contribution in [0.1, 0.15) is 11.1 Å². The normalized spacial score (nSPS) is 10.8. The molecule has 0 aliphatic heterocycles. The summed E-state index contributed by atoms with van der Waals surface area (Å²) < 4.78 is 19.5. The van der Waals surface area contributed by atoms with Crippen molar-refractivity contribution in [1.29, 1.82) is 0 Å². The average molecular weight is 324 g/mol. The van der Waals surface area contributed by atoms with Gasteiger partial charge in [0.25, 0.3) is 0 Å². The molecule has 0 unspecified atom stereocenters. The monoisotopic (exact) mass is 323 g/mol. The molecule has 0 fully saturated rings. The van der Waals surface area contributed by atoms with Gasteiger partial charge in [-0.15, -0.1) is 0 Å². The van der Waals surface area contributed by atoms with Crippen molar-refractivity contribution in [3.63, 3.8) is 0 Å². The zero-order chi connectivity index (χ0) is 13.7. The van der Waals surface area contributed by atoms with Crippen molar-refractivity contribution >= 4 is 22.1 Å². The largest absolute Gasteiger partial charge is 0.488 e. The van der Waals surface area contributed by atoms with Crippen molar-refractivity contribution in [2.75, 3.05) is 0 Å². The number of rotatable bonds is 4. The van der Waals surface area contributed by atoms with Gasteiger partial charge in [-0.2, -0.15) is 0 Å². The van der Waals surface area contributed by atoms with Gasteiger partial charge in [0.1, 0.15) is 18.2 Å². The van der Waals surface area contributed by atoms with Crippen LogP contribution < -0.4 is 4.74 Å². The lowest BCUT2D eigenvalue weighted by atomic mass is 10.2. The zero-order valence-corrected chi connectivity index (χ0v) is 11.5. The Bertz CT molecular complexity index is 602. The number of ether oxygens (including phenoxy) is 1. The number of oxime groups is 1. The predicted octanol–water partition coefficient (Wildman–Crippen LogP) is 3.98. The summed E-state index contributed by atoms with van der Waals surface area (Å²) in [6.07, 6.45) is 1.28. The van der Waals surface area contributed by atoms with Gasteiger partial charge in [0.15, 0.2) is 0 Å². The van der Waals surface area contributed by atoms with E-state index >= 15 is 0 Å². The number of nitrogens with zero attached hydrogens (tertiary/aromatic N) is 1. The first-order valence-corrected chi connectivity index (χ1v) is 6.32. The van der Waals surface area contributed by atoms with Crippen molar-refractivity contribution in [3.05, 3.63) is 63.9 Å². The van der Waals surface area contributed by atoms with Crippen molar-refractivity contribution in [2.45, 2.75) is 6.61 Å². The number of halogens is 2. The van der Waals surface area contributed by atoms with Crippen molar-refractivity contribution < 1.29 is 14.3 Å². The zero-order valence-electron chi connectivity index (χ0n) is 9.88. The summed E-state index contributed by atoms with van der Waals surface area (Å²) in [5.74, 6) is 0.263. The van der Waals surface area contributed by atoms with Crippen molar-refractivity contribution in [2.24, 2.45) is 5.16 Å². The Morgan fingerprint density at radius 2 is 2.11 bits per heavy atom. The fourth-order valence-corrected chi connectivity index (χ4v) is 1.98. The number of hydrogen-bond donors (Lipinski definition) is 1. The van der Waals surface area contributed by atoms with E-state index in [0.717, 1.165) is 10.0 Å². The molecule has 0 aromatic heterocycles. The summed E-state index contributed by atoms with van der Waals surface area (Å²) in [4.78, 5) is 0. The minimum absolute atomic E-state index is 0.242. The molecule has 3 nitrogen and oxygen atoms in total. The summed E-state index contributed by atoms with van der Waals surface area (Å²) in [7, 11) is 0. The second kappa shape index (κ2) is 6.33. The van der Waals surface area contributed by atoms with E-state index in [9.17, 15) is 4.39 Å². The van der Waals surface area contributed by atoms with E-state index in [1.54, 1.807) is 24.3 Å².